The molecule has 0 fully saturated rings. The summed E-state index contributed by atoms with van der Waals surface area (Å²) in [5.74, 6) is 0.632. The minimum absolute atomic E-state index is 0.0691. The summed E-state index contributed by atoms with van der Waals surface area (Å²) in [6, 6.07) is 7.45. The molecule has 0 spiro atoms. The van der Waals surface area contributed by atoms with Crippen LogP contribution in [0.3, 0.4) is 0 Å². The number of aromatic nitrogens is 5. The molecule has 0 atom stereocenters. The molecule has 7 heteroatoms. The molecule has 0 aliphatic rings. The molecule has 0 radical (unpaired) electrons. The minimum Gasteiger partial charge on any atom is -0.395 e. The van der Waals surface area contributed by atoms with Crippen molar-refractivity contribution in [2.75, 3.05) is 6.61 Å². The molecular formula is C17H16ClN5O. The van der Waals surface area contributed by atoms with Crippen LogP contribution < -0.4 is 0 Å². The maximum Gasteiger partial charge on any atom is 0.182 e. The van der Waals surface area contributed by atoms with E-state index in [1.807, 2.05) is 42.7 Å². The fraction of sp³-hybridized carbons (Fsp3) is 0.235. The lowest BCUT2D eigenvalue weighted by atomic mass is 10.2. The van der Waals surface area contributed by atoms with Crippen LogP contribution >= 0.6 is 11.6 Å². The number of aliphatic hydroxyl groups is 1. The van der Waals surface area contributed by atoms with E-state index in [9.17, 15) is 5.11 Å². The molecule has 0 saturated heterocycles. The van der Waals surface area contributed by atoms with Gasteiger partial charge in [0.25, 0.3) is 0 Å². The summed E-state index contributed by atoms with van der Waals surface area (Å²) in [7, 11) is 0. The molecular weight excluding hydrogens is 326 g/mol. The topological polar surface area (TPSA) is 68.2 Å². The van der Waals surface area contributed by atoms with E-state index in [1.54, 1.807) is 10.8 Å². The van der Waals surface area contributed by atoms with Gasteiger partial charge >= 0.3 is 0 Å². The van der Waals surface area contributed by atoms with Gasteiger partial charge < -0.3 is 9.67 Å². The first-order chi connectivity index (χ1) is 11.6. The van der Waals surface area contributed by atoms with E-state index in [1.165, 1.54) is 0 Å². The Morgan fingerprint density at radius 2 is 1.88 bits per heavy atom. The average molecular weight is 342 g/mol. The number of benzene rings is 1. The SMILES string of the molecule is Cc1c(C)n(CCO)c2ncn3nc(-c4ccc(Cl)cc4)nc3c12. The summed E-state index contributed by atoms with van der Waals surface area (Å²) in [6.45, 7) is 4.65. The zero-order valence-electron chi connectivity index (χ0n) is 13.4. The number of aliphatic hydroxyl groups excluding tert-OH is 1. The van der Waals surface area contributed by atoms with Gasteiger partial charge in [-0.1, -0.05) is 11.6 Å². The van der Waals surface area contributed by atoms with Crippen LogP contribution in [0, 0.1) is 13.8 Å². The molecule has 1 aromatic carbocycles. The molecule has 0 saturated carbocycles. The lowest BCUT2D eigenvalue weighted by molar-refractivity contribution is 0.276. The van der Waals surface area contributed by atoms with Crippen molar-refractivity contribution in [1.82, 2.24) is 24.1 Å². The van der Waals surface area contributed by atoms with Crippen LogP contribution in [-0.4, -0.2) is 35.9 Å². The Hall–Kier alpha value is -2.44. The maximum absolute atomic E-state index is 9.31. The highest BCUT2D eigenvalue weighted by Crippen LogP contribution is 2.28. The number of halogens is 1. The number of aryl methyl sites for hydroxylation is 1. The molecule has 0 bridgehead atoms. The highest BCUT2D eigenvalue weighted by atomic mass is 35.5. The van der Waals surface area contributed by atoms with Crippen molar-refractivity contribution >= 4 is 28.3 Å². The Balaban J connectivity index is 1.98. The van der Waals surface area contributed by atoms with Gasteiger partial charge in [0.1, 0.15) is 12.0 Å². The predicted octanol–water partition coefficient (Wildman–Crippen LogP) is 3.01. The van der Waals surface area contributed by atoms with E-state index >= 15 is 0 Å². The average Bonchev–Trinajstić information content (AvgIpc) is 3.11. The van der Waals surface area contributed by atoms with Crippen LogP contribution in [0.15, 0.2) is 30.6 Å². The quantitative estimate of drug-likeness (QED) is 0.622. The van der Waals surface area contributed by atoms with Gasteiger partial charge in [-0.15, -0.1) is 5.10 Å². The van der Waals surface area contributed by atoms with Crippen molar-refractivity contribution < 1.29 is 5.11 Å². The Morgan fingerprint density at radius 3 is 2.58 bits per heavy atom. The number of nitrogens with zero attached hydrogens (tertiary/aromatic N) is 5. The Bertz CT molecular complexity index is 1050. The van der Waals surface area contributed by atoms with Crippen LogP contribution in [0.1, 0.15) is 11.3 Å². The highest BCUT2D eigenvalue weighted by molar-refractivity contribution is 6.30. The standard InChI is InChI=1S/C17H16ClN5O/c1-10-11(2)22(7-8-24)16-14(10)17-20-15(21-23(17)9-19-16)12-3-5-13(18)6-4-12/h3-6,9,24H,7-8H2,1-2H3. The second-order valence-electron chi connectivity index (χ2n) is 5.74. The number of rotatable bonds is 3. The first-order valence-corrected chi connectivity index (χ1v) is 8.05. The van der Waals surface area contributed by atoms with E-state index in [0.29, 0.717) is 17.4 Å². The van der Waals surface area contributed by atoms with Gasteiger partial charge in [0.05, 0.1) is 12.0 Å². The first kappa shape index (κ1) is 15.1. The van der Waals surface area contributed by atoms with Crippen LogP contribution in [0.2, 0.25) is 5.02 Å². The largest absolute Gasteiger partial charge is 0.395 e. The molecule has 6 nitrogen and oxygen atoms in total. The molecule has 0 amide bonds. The Labute approximate surface area is 143 Å². The number of hydrogen-bond acceptors (Lipinski definition) is 4. The van der Waals surface area contributed by atoms with Crippen molar-refractivity contribution in [3.63, 3.8) is 0 Å². The summed E-state index contributed by atoms with van der Waals surface area (Å²) < 4.78 is 3.71. The van der Waals surface area contributed by atoms with Gasteiger partial charge in [-0.2, -0.15) is 0 Å². The third-order valence-electron chi connectivity index (χ3n) is 4.37. The second-order valence-corrected chi connectivity index (χ2v) is 6.18. The molecule has 0 unspecified atom stereocenters. The van der Waals surface area contributed by atoms with Crippen molar-refractivity contribution in [2.45, 2.75) is 20.4 Å². The molecule has 122 valence electrons. The maximum atomic E-state index is 9.31. The third kappa shape index (κ3) is 2.18. The molecule has 0 aliphatic heterocycles. The van der Waals surface area contributed by atoms with E-state index < -0.39 is 0 Å². The van der Waals surface area contributed by atoms with Gasteiger partial charge in [-0.25, -0.2) is 14.5 Å². The number of hydrogen-bond donors (Lipinski definition) is 1. The van der Waals surface area contributed by atoms with Gasteiger partial charge in [0.15, 0.2) is 11.5 Å². The monoisotopic (exact) mass is 341 g/mol. The summed E-state index contributed by atoms with van der Waals surface area (Å²) >= 11 is 5.95. The van der Waals surface area contributed by atoms with Crippen molar-refractivity contribution in [1.29, 1.82) is 0 Å². The molecule has 4 aromatic rings. The molecule has 3 heterocycles. The highest BCUT2D eigenvalue weighted by Gasteiger charge is 2.18. The van der Waals surface area contributed by atoms with Crippen molar-refractivity contribution in [3.05, 3.63) is 46.9 Å². The molecule has 1 N–H and O–H groups in total. The van der Waals surface area contributed by atoms with E-state index in [0.717, 1.165) is 33.5 Å². The third-order valence-corrected chi connectivity index (χ3v) is 4.62. The Kier molecular flexibility index (Phi) is 3.51. The fourth-order valence-electron chi connectivity index (χ4n) is 3.03. The van der Waals surface area contributed by atoms with Gasteiger partial charge in [-0.3, -0.25) is 0 Å². The lowest BCUT2D eigenvalue weighted by Gasteiger charge is -2.04. The molecule has 3 aromatic heterocycles. The van der Waals surface area contributed by atoms with Crippen molar-refractivity contribution in [2.24, 2.45) is 0 Å². The second kappa shape index (κ2) is 5.58. The summed E-state index contributed by atoms with van der Waals surface area (Å²) in [5.41, 5.74) is 4.67. The minimum atomic E-state index is 0.0691. The van der Waals surface area contributed by atoms with Crippen LogP contribution in [0.5, 0.6) is 0 Å². The smallest absolute Gasteiger partial charge is 0.182 e. The van der Waals surface area contributed by atoms with Gasteiger partial charge in [-0.05, 0) is 43.7 Å². The van der Waals surface area contributed by atoms with Gasteiger partial charge in [0, 0.05) is 22.8 Å². The molecule has 24 heavy (non-hydrogen) atoms. The summed E-state index contributed by atoms with van der Waals surface area (Å²) in [6.07, 6.45) is 1.66. The van der Waals surface area contributed by atoms with E-state index in [-0.39, 0.29) is 6.61 Å². The normalized spacial score (nSPS) is 11.7. The lowest BCUT2D eigenvalue weighted by Crippen LogP contribution is -2.05. The molecule has 4 rings (SSSR count). The van der Waals surface area contributed by atoms with Crippen LogP contribution in [-0.2, 0) is 6.54 Å². The first-order valence-electron chi connectivity index (χ1n) is 7.67. The predicted molar refractivity (Wildman–Crippen MR) is 93.3 cm³/mol. The van der Waals surface area contributed by atoms with Crippen molar-refractivity contribution in [3.8, 4) is 11.4 Å². The fourth-order valence-corrected chi connectivity index (χ4v) is 3.15. The Morgan fingerprint density at radius 1 is 1.12 bits per heavy atom. The number of fused-ring (bicyclic) bond motifs is 3. The van der Waals surface area contributed by atoms with Crippen LogP contribution in [0.25, 0.3) is 28.1 Å². The molecule has 0 aliphatic carbocycles. The zero-order valence-corrected chi connectivity index (χ0v) is 14.1. The summed E-state index contributed by atoms with van der Waals surface area (Å²) in [4.78, 5) is 9.23. The van der Waals surface area contributed by atoms with E-state index in [4.69, 9.17) is 16.6 Å². The van der Waals surface area contributed by atoms with Crippen LogP contribution in [0.4, 0.5) is 0 Å². The van der Waals surface area contributed by atoms with E-state index in [2.05, 4.69) is 10.1 Å². The summed E-state index contributed by atoms with van der Waals surface area (Å²) in [5, 5.41) is 15.5. The zero-order chi connectivity index (χ0) is 16.8. The van der Waals surface area contributed by atoms with Gasteiger partial charge in [0.2, 0.25) is 0 Å².